The molecule has 0 rings (SSSR count). The van der Waals surface area contributed by atoms with E-state index in [4.69, 9.17) is 4.74 Å². The highest BCUT2D eigenvalue weighted by atomic mass is 31.1. The maximum Gasteiger partial charge on any atom is 0.0659 e. The number of hydrogen-bond donors (Lipinski definition) is 0. The van der Waals surface area contributed by atoms with Crippen LogP contribution in [0.1, 0.15) is 97.8 Å². The van der Waals surface area contributed by atoms with Crippen molar-refractivity contribution in [3.05, 3.63) is 0 Å². The molecule has 128 valence electrons. The SMILES string of the molecule is CCCCCCCCOCP(CCCCC)CCCCC. The third kappa shape index (κ3) is 16.6. The minimum Gasteiger partial charge on any atom is -0.377 e. The van der Waals surface area contributed by atoms with E-state index in [0.29, 0.717) is 0 Å². The van der Waals surface area contributed by atoms with Crippen LogP contribution in [0, 0.1) is 0 Å². The molecule has 0 aromatic carbocycles. The van der Waals surface area contributed by atoms with Crippen molar-refractivity contribution in [2.24, 2.45) is 0 Å². The van der Waals surface area contributed by atoms with Crippen molar-refractivity contribution in [2.75, 3.05) is 25.3 Å². The van der Waals surface area contributed by atoms with Gasteiger partial charge in [-0.15, -0.1) is 0 Å². The summed E-state index contributed by atoms with van der Waals surface area (Å²) in [6.07, 6.45) is 20.5. The Kier molecular flexibility index (Phi) is 18.8. The molecule has 0 N–H and O–H groups in total. The Morgan fingerprint density at radius 3 is 1.62 bits per heavy atom. The van der Waals surface area contributed by atoms with Crippen LogP contribution in [0.4, 0.5) is 0 Å². The molecule has 0 aliphatic carbocycles. The van der Waals surface area contributed by atoms with Crippen LogP contribution in [0.15, 0.2) is 0 Å². The number of hydrogen-bond acceptors (Lipinski definition) is 1. The second kappa shape index (κ2) is 18.4. The summed E-state index contributed by atoms with van der Waals surface area (Å²) in [5, 5.41) is 0. The number of unbranched alkanes of at least 4 members (excludes halogenated alkanes) is 9. The predicted molar refractivity (Wildman–Crippen MR) is 99.9 cm³/mol. The van der Waals surface area contributed by atoms with Crippen LogP contribution in [0.3, 0.4) is 0 Å². The molecule has 0 radical (unpaired) electrons. The summed E-state index contributed by atoms with van der Waals surface area (Å²) in [6.45, 7) is 7.89. The smallest absolute Gasteiger partial charge is 0.0659 e. The Bertz CT molecular complexity index is 174. The third-order valence-electron chi connectivity index (χ3n) is 4.07. The van der Waals surface area contributed by atoms with Crippen molar-refractivity contribution in [2.45, 2.75) is 97.8 Å². The first-order chi connectivity index (χ1) is 10.3. The topological polar surface area (TPSA) is 9.23 Å². The lowest BCUT2D eigenvalue weighted by Gasteiger charge is -2.17. The van der Waals surface area contributed by atoms with Gasteiger partial charge >= 0.3 is 0 Å². The zero-order chi connectivity index (χ0) is 15.6. The van der Waals surface area contributed by atoms with Gasteiger partial charge in [0.2, 0.25) is 0 Å². The van der Waals surface area contributed by atoms with Gasteiger partial charge in [-0.25, -0.2) is 0 Å². The molecular weight excluding hydrogens is 275 g/mol. The molecule has 1 nitrogen and oxygen atoms in total. The molecule has 0 saturated heterocycles. The second-order valence-electron chi connectivity index (χ2n) is 6.34. The zero-order valence-corrected chi connectivity index (χ0v) is 16.1. The molecular formula is C19H41OP. The fourth-order valence-electron chi connectivity index (χ4n) is 2.59. The Morgan fingerprint density at radius 2 is 1.05 bits per heavy atom. The first-order valence-corrected chi connectivity index (χ1v) is 11.5. The molecule has 21 heavy (non-hydrogen) atoms. The van der Waals surface area contributed by atoms with Gasteiger partial charge in [0.15, 0.2) is 0 Å². The first-order valence-electron chi connectivity index (χ1n) is 9.65. The Hall–Kier alpha value is 0.390. The van der Waals surface area contributed by atoms with E-state index in [1.165, 1.54) is 89.4 Å². The maximum absolute atomic E-state index is 5.99. The summed E-state index contributed by atoms with van der Waals surface area (Å²) < 4.78 is 5.99. The van der Waals surface area contributed by atoms with E-state index in [2.05, 4.69) is 20.8 Å². The fourth-order valence-corrected chi connectivity index (χ4v) is 4.80. The van der Waals surface area contributed by atoms with Gasteiger partial charge in [-0.05, 0) is 31.6 Å². The molecule has 0 aromatic heterocycles. The minimum atomic E-state index is 0.164. The van der Waals surface area contributed by atoms with Crippen molar-refractivity contribution in [1.29, 1.82) is 0 Å². The minimum absolute atomic E-state index is 0.164. The van der Waals surface area contributed by atoms with Crippen molar-refractivity contribution in [3.63, 3.8) is 0 Å². The van der Waals surface area contributed by atoms with Crippen LogP contribution < -0.4 is 0 Å². The molecule has 0 spiro atoms. The van der Waals surface area contributed by atoms with E-state index < -0.39 is 0 Å². The van der Waals surface area contributed by atoms with Crippen LogP contribution in [-0.4, -0.2) is 25.3 Å². The summed E-state index contributed by atoms with van der Waals surface area (Å²) in [4.78, 5) is 0. The van der Waals surface area contributed by atoms with Gasteiger partial charge in [-0.1, -0.05) is 86.5 Å². The highest BCUT2D eigenvalue weighted by molar-refractivity contribution is 7.57. The van der Waals surface area contributed by atoms with Gasteiger partial charge in [0, 0.05) is 6.61 Å². The molecule has 0 atom stereocenters. The van der Waals surface area contributed by atoms with Crippen LogP contribution in [-0.2, 0) is 4.74 Å². The summed E-state index contributed by atoms with van der Waals surface area (Å²) in [7, 11) is 0.164. The van der Waals surface area contributed by atoms with E-state index in [1.807, 2.05) is 0 Å². The first kappa shape index (κ1) is 21.4. The van der Waals surface area contributed by atoms with E-state index in [0.717, 1.165) is 13.0 Å². The van der Waals surface area contributed by atoms with E-state index in [9.17, 15) is 0 Å². The molecule has 0 fully saturated rings. The lowest BCUT2D eigenvalue weighted by molar-refractivity contribution is 0.173. The Labute approximate surface area is 136 Å². The normalized spacial score (nSPS) is 11.4. The van der Waals surface area contributed by atoms with Crippen molar-refractivity contribution >= 4 is 7.92 Å². The molecule has 0 bridgehead atoms. The van der Waals surface area contributed by atoms with Gasteiger partial charge < -0.3 is 4.74 Å². The highest BCUT2D eigenvalue weighted by Gasteiger charge is 2.07. The van der Waals surface area contributed by atoms with Crippen molar-refractivity contribution in [1.82, 2.24) is 0 Å². The molecule has 0 aromatic rings. The maximum atomic E-state index is 5.99. The lowest BCUT2D eigenvalue weighted by atomic mass is 10.1. The van der Waals surface area contributed by atoms with Gasteiger partial charge in [-0.2, -0.15) is 0 Å². The van der Waals surface area contributed by atoms with Gasteiger partial charge in [0.1, 0.15) is 0 Å². The molecule has 0 aliphatic heterocycles. The second-order valence-corrected chi connectivity index (χ2v) is 8.83. The van der Waals surface area contributed by atoms with Crippen molar-refractivity contribution in [3.8, 4) is 0 Å². The van der Waals surface area contributed by atoms with E-state index in [-0.39, 0.29) is 7.92 Å². The predicted octanol–water partition coefficient (Wildman–Crippen LogP) is 7.18. The van der Waals surface area contributed by atoms with Crippen LogP contribution >= 0.6 is 7.92 Å². The monoisotopic (exact) mass is 316 g/mol. The highest BCUT2D eigenvalue weighted by Crippen LogP contribution is 2.38. The van der Waals surface area contributed by atoms with Crippen LogP contribution in [0.25, 0.3) is 0 Å². The average Bonchev–Trinajstić information content (AvgIpc) is 2.49. The third-order valence-corrected chi connectivity index (χ3v) is 6.52. The standard InChI is InChI=1S/C19H41OP/c1-4-7-10-11-12-13-16-20-19-21(17-14-8-5-2)18-15-9-6-3/h4-19H2,1-3H3. The molecule has 0 heterocycles. The van der Waals surface area contributed by atoms with E-state index >= 15 is 0 Å². The quantitative estimate of drug-likeness (QED) is 0.204. The number of rotatable bonds is 17. The zero-order valence-electron chi connectivity index (χ0n) is 15.2. The Morgan fingerprint density at radius 1 is 0.571 bits per heavy atom. The summed E-state index contributed by atoms with van der Waals surface area (Å²) in [5.74, 6) is 0. The summed E-state index contributed by atoms with van der Waals surface area (Å²) >= 11 is 0. The molecule has 0 aliphatic rings. The summed E-state index contributed by atoms with van der Waals surface area (Å²) in [5.41, 5.74) is 0. The lowest BCUT2D eigenvalue weighted by Crippen LogP contribution is -2.01. The van der Waals surface area contributed by atoms with Gasteiger partial charge in [0.25, 0.3) is 0 Å². The summed E-state index contributed by atoms with van der Waals surface area (Å²) in [6, 6.07) is 0. The van der Waals surface area contributed by atoms with E-state index in [1.54, 1.807) is 0 Å². The fraction of sp³-hybridized carbons (Fsp3) is 1.00. The molecule has 2 heteroatoms. The van der Waals surface area contributed by atoms with Gasteiger partial charge in [-0.3, -0.25) is 0 Å². The molecule has 0 unspecified atom stereocenters. The van der Waals surface area contributed by atoms with Crippen LogP contribution in [0.2, 0.25) is 0 Å². The number of ether oxygens (including phenoxy) is 1. The largest absolute Gasteiger partial charge is 0.377 e. The molecule has 0 saturated carbocycles. The Balaban J connectivity index is 3.54. The van der Waals surface area contributed by atoms with Crippen molar-refractivity contribution < 1.29 is 4.74 Å². The average molecular weight is 317 g/mol. The van der Waals surface area contributed by atoms with Crippen LogP contribution in [0.5, 0.6) is 0 Å². The van der Waals surface area contributed by atoms with Gasteiger partial charge in [0.05, 0.1) is 6.35 Å². The molecule has 0 amide bonds.